The average molecular weight is 208 g/mol. The lowest BCUT2D eigenvalue weighted by Gasteiger charge is -2.25. The Morgan fingerprint density at radius 3 is 2.67 bits per heavy atom. The van der Waals surface area contributed by atoms with Gasteiger partial charge in [0.2, 0.25) is 5.91 Å². The molecule has 3 atom stereocenters. The fraction of sp³-hybridized carbons (Fsp3) is 0.917. The summed E-state index contributed by atoms with van der Waals surface area (Å²) in [4.78, 5) is 11.9. The second kappa shape index (κ2) is 3.78. The average Bonchev–Trinajstić information content (AvgIpc) is 2.87. The number of nitrogens with one attached hydrogen (secondary N) is 2. The predicted octanol–water partition coefficient (Wildman–Crippen LogP) is 0.901. The zero-order valence-corrected chi connectivity index (χ0v) is 9.17. The van der Waals surface area contributed by atoms with Crippen LogP contribution in [-0.4, -0.2) is 25.0 Å². The predicted molar refractivity (Wildman–Crippen MR) is 58.4 cm³/mol. The highest BCUT2D eigenvalue weighted by atomic mass is 16.2. The molecule has 1 aliphatic heterocycles. The van der Waals surface area contributed by atoms with Gasteiger partial charge in [0.05, 0.1) is 0 Å². The summed E-state index contributed by atoms with van der Waals surface area (Å²) >= 11 is 0. The van der Waals surface area contributed by atoms with Gasteiger partial charge >= 0.3 is 0 Å². The number of piperidine rings is 1. The molecular formula is C12H20N2O. The van der Waals surface area contributed by atoms with E-state index in [0.29, 0.717) is 17.9 Å². The van der Waals surface area contributed by atoms with Crippen molar-refractivity contribution in [1.82, 2.24) is 10.6 Å². The standard InChI is InChI=1S/C12H20N2O/c15-12(10-5-8-4-9(8)6-10)14-11-2-1-3-13-7-11/h8-11,13H,1-7H2,(H,14,15). The summed E-state index contributed by atoms with van der Waals surface area (Å²) in [6, 6.07) is 0.392. The highest BCUT2D eigenvalue weighted by molar-refractivity contribution is 5.79. The summed E-state index contributed by atoms with van der Waals surface area (Å²) < 4.78 is 0. The third-order valence-corrected chi connectivity index (χ3v) is 4.26. The summed E-state index contributed by atoms with van der Waals surface area (Å²) in [6.45, 7) is 2.07. The molecule has 2 aliphatic carbocycles. The van der Waals surface area contributed by atoms with Gasteiger partial charge in [0.15, 0.2) is 0 Å². The molecule has 2 N–H and O–H groups in total. The monoisotopic (exact) mass is 208 g/mol. The molecule has 0 spiro atoms. The van der Waals surface area contributed by atoms with Crippen molar-refractivity contribution in [3.05, 3.63) is 0 Å². The molecule has 84 valence electrons. The molecule has 2 saturated carbocycles. The first-order valence-corrected chi connectivity index (χ1v) is 6.34. The van der Waals surface area contributed by atoms with E-state index >= 15 is 0 Å². The Hall–Kier alpha value is -0.570. The molecule has 3 nitrogen and oxygen atoms in total. The van der Waals surface area contributed by atoms with Crippen molar-refractivity contribution < 1.29 is 4.79 Å². The van der Waals surface area contributed by atoms with Crippen LogP contribution < -0.4 is 10.6 Å². The maximum atomic E-state index is 11.9. The van der Waals surface area contributed by atoms with Crippen LogP contribution in [0.5, 0.6) is 0 Å². The van der Waals surface area contributed by atoms with Gasteiger partial charge in [-0.15, -0.1) is 0 Å². The van der Waals surface area contributed by atoms with E-state index in [2.05, 4.69) is 10.6 Å². The molecule has 0 radical (unpaired) electrons. The lowest BCUT2D eigenvalue weighted by Crippen LogP contribution is -2.47. The van der Waals surface area contributed by atoms with Gasteiger partial charge in [-0.25, -0.2) is 0 Å². The Labute approximate surface area is 91.0 Å². The number of carbonyl (C=O) groups excluding carboxylic acids is 1. The van der Waals surface area contributed by atoms with Crippen molar-refractivity contribution in [2.45, 2.75) is 38.1 Å². The van der Waals surface area contributed by atoms with Crippen molar-refractivity contribution in [3.8, 4) is 0 Å². The number of hydrogen-bond donors (Lipinski definition) is 2. The van der Waals surface area contributed by atoms with Gasteiger partial charge in [-0.05, 0) is 50.5 Å². The van der Waals surface area contributed by atoms with Crippen LogP contribution in [-0.2, 0) is 4.79 Å². The minimum Gasteiger partial charge on any atom is -0.352 e. The van der Waals surface area contributed by atoms with Crippen LogP contribution in [0.2, 0.25) is 0 Å². The summed E-state index contributed by atoms with van der Waals surface area (Å²) in [6.07, 6.45) is 6.07. The van der Waals surface area contributed by atoms with Gasteiger partial charge in [-0.1, -0.05) is 0 Å². The minimum atomic E-state index is 0.330. The molecule has 0 aromatic rings. The van der Waals surface area contributed by atoms with E-state index in [4.69, 9.17) is 0 Å². The Morgan fingerprint density at radius 2 is 2.00 bits per heavy atom. The molecule has 0 bridgehead atoms. The van der Waals surface area contributed by atoms with Gasteiger partial charge in [0.25, 0.3) is 0 Å². The smallest absolute Gasteiger partial charge is 0.223 e. The van der Waals surface area contributed by atoms with Gasteiger partial charge < -0.3 is 10.6 Å². The van der Waals surface area contributed by atoms with Crippen LogP contribution in [0.15, 0.2) is 0 Å². The first kappa shape index (κ1) is 9.64. The molecule has 1 amide bonds. The Morgan fingerprint density at radius 1 is 1.20 bits per heavy atom. The molecule has 0 aromatic heterocycles. The quantitative estimate of drug-likeness (QED) is 0.708. The van der Waals surface area contributed by atoms with Crippen LogP contribution >= 0.6 is 0 Å². The summed E-state index contributed by atoms with van der Waals surface area (Å²) in [5.74, 6) is 2.49. The number of fused-ring (bicyclic) bond motifs is 1. The summed E-state index contributed by atoms with van der Waals surface area (Å²) in [5.41, 5.74) is 0. The third-order valence-electron chi connectivity index (χ3n) is 4.26. The molecule has 3 rings (SSSR count). The van der Waals surface area contributed by atoms with Crippen molar-refractivity contribution in [3.63, 3.8) is 0 Å². The minimum absolute atomic E-state index is 0.330. The van der Waals surface area contributed by atoms with Gasteiger partial charge in [-0.3, -0.25) is 4.79 Å². The van der Waals surface area contributed by atoms with E-state index < -0.39 is 0 Å². The van der Waals surface area contributed by atoms with Gasteiger partial charge in [0, 0.05) is 18.5 Å². The Kier molecular flexibility index (Phi) is 2.43. The van der Waals surface area contributed by atoms with E-state index in [1.807, 2.05) is 0 Å². The molecule has 3 heteroatoms. The van der Waals surface area contributed by atoms with E-state index in [9.17, 15) is 4.79 Å². The Balaban J connectivity index is 1.47. The van der Waals surface area contributed by atoms with E-state index in [1.54, 1.807) is 0 Å². The third kappa shape index (κ3) is 2.03. The normalized spacial score (nSPS) is 43.5. The molecule has 0 aromatic carbocycles. The first-order valence-electron chi connectivity index (χ1n) is 6.34. The second-order valence-electron chi connectivity index (χ2n) is 5.48. The zero-order valence-electron chi connectivity index (χ0n) is 9.17. The first-order chi connectivity index (χ1) is 7.33. The van der Waals surface area contributed by atoms with Crippen molar-refractivity contribution >= 4 is 5.91 Å². The van der Waals surface area contributed by atoms with E-state index in [0.717, 1.165) is 44.2 Å². The topological polar surface area (TPSA) is 41.1 Å². The van der Waals surface area contributed by atoms with Crippen LogP contribution in [0.25, 0.3) is 0 Å². The van der Waals surface area contributed by atoms with Crippen molar-refractivity contribution in [2.24, 2.45) is 17.8 Å². The lowest BCUT2D eigenvalue weighted by atomic mass is 10.0. The van der Waals surface area contributed by atoms with Crippen LogP contribution in [0.1, 0.15) is 32.1 Å². The van der Waals surface area contributed by atoms with Crippen LogP contribution in [0.4, 0.5) is 0 Å². The number of rotatable bonds is 2. The highest BCUT2D eigenvalue weighted by Crippen LogP contribution is 2.54. The SMILES string of the molecule is O=C(NC1CCCNC1)C1CC2CC2C1. The number of carbonyl (C=O) groups is 1. The van der Waals surface area contributed by atoms with Gasteiger partial charge in [-0.2, -0.15) is 0 Å². The van der Waals surface area contributed by atoms with E-state index in [1.165, 1.54) is 12.8 Å². The summed E-state index contributed by atoms with van der Waals surface area (Å²) in [7, 11) is 0. The zero-order chi connectivity index (χ0) is 10.3. The van der Waals surface area contributed by atoms with Gasteiger partial charge in [0.1, 0.15) is 0 Å². The largest absolute Gasteiger partial charge is 0.352 e. The molecular weight excluding hydrogens is 188 g/mol. The van der Waals surface area contributed by atoms with Crippen LogP contribution in [0.3, 0.4) is 0 Å². The van der Waals surface area contributed by atoms with Crippen molar-refractivity contribution in [2.75, 3.05) is 13.1 Å². The van der Waals surface area contributed by atoms with Crippen molar-refractivity contribution in [1.29, 1.82) is 0 Å². The molecule has 3 aliphatic rings. The maximum Gasteiger partial charge on any atom is 0.223 e. The molecule has 1 saturated heterocycles. The molecule has 3 fully saturated rings. The maximum absolute atomic E-state index is 11.9. The highest BCUT2D eigenvalue weighted by Gasteiger charge is 2.48. The number of hydrogen-bond acceptors (Lipinski definition) is 2. The fourth-order valence-corrected chi connectivity index (χ4v) is 3.22. The fourth-order valence-electron chi connectivity index (χ4n) is 3.22. The second-order valence-corrected chi connectivity index (χ2v) is 5.48. The lowest BCUT2D eigenvalue weighted by molar-refractivity contribution is -0.125. The number of amides is 1. The summed E-state index contributed by atoms with van der Waals surface area (Å²) in [5, 5.41) is 6.53. The molecule has 15 heavy (non-hydrogen) atoms. The van der Waals surface area contributed by atoms with E-state index in [-0.39, 0.29) is 0 Å². The Bertz CT molecular complexity index is 250. The molecule has 3 unspecified atom stereocenters. The molecule has 1 heterocycles. The van der Waals surface area contributed by atoms with Crippen LogP contribution in [0, 0.1) is 17.8 Å².